The first kappa shape index (κ1) is 16.4. The summed E-state index contributed by atoms with van der Waals surface area (Å²) < 4.78 is 5.42. The number of esters is 1. The Labute approximate surface area is 136 Å². The predicted molar refractivity (Wildman–Crippen MR) is 86.5 cm³/mol. The molecule has 0 unspecified atom stereocenters. The Hall–Kier alpha value is -0.990. The summed E-state index contributed by atoms with van der Waals surface area (Å²) in [6.07, 6.45) is 2.16. The maximum absolute atomic E-state index is 12.2. The van der Waals surface area contributed by atoms with Crippen LogP contribution in [0.1, 0.15) is 33.3 Å². The zero-order valence-electron chi connectivity index (χ0n) is 12.7. The van der Waals surface area contributed by atoms with Gasteiger partial charge in [0.05, 0.1) is 16.0 Å². The molecule has 0 heterocycles. The van der Waals surface area contributed by atoms with Gasteiger partial charge in [0.15, 0.2) is 0 Å². The summed E-state index contributed by atoms with van der Waals surface area (Å²) in [6.45, 7) is 8.52. The fourth-order valence-corrected chi connectivity index (χ4v) is 2.99. The monoisotopic (exact) mass is 326 g/mol. The standard InChI is InChI=1S/C17H20Cl2O2/c1-10(2)7-12-15(17(12,3)4)16(20)21-9-11-5-6-13(18)14(19)8-11/h5-8,12,15H,9H2,1-4H3/t12-,15+/m0/s1. The van der Waals surface area contributed by atoms with Crippen LogP contribution in [0.3, 0.4) is 0 Å². The molecule has 0 N–H and O–H groups in total. The zero-order valence-corrected chi connectivity index (χ0v) is 14.3. The van der Waals surface area contributed by atoms with Crippen molar-refractivity contribution < 1.29 is 9.53 Å². The van der Waals surface area contributed by atoms with Crippen LogP contribution in [0, 0.1) is 17.3 Å². The van der Waals surface area contributed by atoms with E-state index >= 15 is 0 Å². The predicted octanol–water partition coefficient (Wildman–Crippen LogP) is 5.28. The van der Waals surface area contributed by atoms with Crippen LogP contribution in [0.5, 0.6) is 0 Å². The maximum atomic E-state index is 12.2. The molecule has 4 heteroatoms. The Morgan fingerprint density at radius 2 is 1.95 bits per heavy atom. The van der Waals surface area contributed by atoms with Crippen molar-refractivity contribution >= 4 is 29.2 Å². The van der Waals surface area contributed by atoms with E-state index in [2.05, 4.69) is 19.9 Å². The highest BCUT2D eigenvalue weighted by molar-refractivity contribution is 6.42. The third kappa shape index (κ3) is 3.61. The van der Waals surface area contributed by atoms with Crippen molar-refractivity contribution in [3.05, 3.63) is 45.5 Å². The van der Waals surface area contributed by atoms with Crippen molar-refractivity contribution in [3.63, 3.8) is 0 Å². The lowest BCUT2D eigenvalue weighted by Gasteiger charge is -2.06. The minimum absolute atomic E-state index is 0.0218. The fourth-order valence-electron chi connectivity index (χ4n) is 2.67. The molecule has 2 rings (SSSR count). The van der Waals surface area contributed by atoms with Crippen LogP contribution in [0.25, 0.3) is 0 Å². The van der Waals surface area contributed by atoms with Crippen molar-refractivity contribution in [2.24, 2.45) is 17.3 Å². The second kappa shape index (κ2) is 6.02. The van der Waals surface area contributed by atoms with Crippen molar-refractivity contribution in [1.29, 1.82) is 0 Å². The van der Waals surface area contributed by atoms with Crippen LogP contribution in [0.15, 0.2) is 29.8 Å². The summed E-state index contributed by atoms with van der Waals surface area (Å²) in [7, 11) is 0. The van der Waals surface area contributed by atoms with Gasteiger partial charge in [-0.2, -0.15) is 0 Å². The van der Waals surface area contributed by atoms with Gasteiger partial charge in [-0.1, -0.05) is 54.8 Å². The molecule has 0 saturated heterocycles. The van der Waals surface area contributed by atoms with Crippen molar-refractivity contribution in [3.8, 4) is 0 Å². The van der Waals surface area contributed by atoms with Crippen LogP contribution >= 0.6 is 23.2 Å². The first-order valence-corrected chi connectivity index (χ1v) is 7.74. The van der Waals surface area contributed by atoms with E-state index in [0.717, 1.165) is 5.56 Å². The van der Waals surface area contributed by atoms with Gasteiger partial charge < -0.3 is 4.74 Å². The molecule has 114 valence electrons. The van der Waals surface area contributed by atoms with E-state index in [1.54, 1.807) is 12.1 Å². The Balaban J connectivity index is 1.97. The molecule has 1 saturated carbocycles. The number of halogens is 2. The van der Waals surface area contributed by atoms with Gasteiger partial charge in [0.2, 0.25) is 0 Å². The quantitative estimate of drug-likeness (QED) is 0.556. The summed E-state index contributed by atoms with van der Waals surface area (Å²) in [5.41, 5.74) is 2.05. The Bertz CT molecular complexity index is 586. The molecule has 0 aliphatic heterocycles. The van der Waals surface area contributed by atoms with Crippen LogP contribution in [0.4, 0.5) is 0 Å². The molecule has 21 heavy (non-hydrogen) atoms. The lowest BCUT2D eigenvalue weighted by Crippen LogP contribution is -2.10. The molecule has 1 aromatic carbocycles. The van der Waals surface area contributed by atoms with Gasteiger partial charge in [0.1, 0.15) is 6.61 Å². The van der Waals surface area contributed by atoms with E-state index < -0.39 is 0 Å². The molecular formula is C17H20Cl2O2. The minimum atomic E-state index is -0.145. The normalized spacial score (nSPS) is 22.6. The van der Waals surface area contributed by atoms with Crippen LogP contribution in [-0.4, -0.2) is 5.97 Å². The van der Waals surface area contributed by atoms with E-state index in [0.29, 0.717) is 10.0 Å². The fraction of sp³-hybridized carbons (Fsp3) is 0.471. The molecule has 2 atom stereocenters. The van der Waals surface area contributed by atoms with Crippen molar-refractivity contribution in [2.75, 3.05) is 0 Å². The molecule has 1 aromatic rings. The zero-order chi connectivity index (χ0) is 15.8. The first-order valence-electron chi connectivity index (χ1n) is 6.99. The Morgan fingerprint density at radius 1 is 1.29 bits per heavy atom. The Kier molecular flexibility index (Phi) is 4.69. The number of carbonyl (C=O) groups excluding carboxylic acids is 1. The van der Waals surface area contributed by atoms with Gasteiger partial charge in [-0.25, -0.2) is 0 Å². The van der Waals surface area contributed by atoms with Gasteiger partial charge in [0, 0.05) is 0 Å². The van der Waals surface area contributed by atoms with Crippen LogP contribution in [-0.2, 0) is 16.1 Å². The molecule has 0 aromatic heterocycles. The van der Waals surface area contributed by atoms with E-state index in [1.807, 2.05) is 19.9 Å². The van der Waals surface area contributed by atoms with E-state index in [9.17, 15) is 4.79 Å². The number of hydrogen-bond acceptors (Lipinski definition) is 2. The van der Waals surface area contributed by atoms with Gasteiger partial charge >= 0.3 is 5.97 Å². The molecule has 0 amide bonds. The number of allylic oxidation sites excluding steroid dienone is 2. The SMILES string of the molecule is CC(C)=C[C@H]1[C@H](C(=O)OCc2ccc(Cl)c(Cl)c2)C1(C)C. The highest BCUT2D eigenvalue weighted by atomic mass is 35.5. The third-order valence-corrected chi connectivity index (χ3v) is 4.78. The topological polar surface area (TPSA) is 26.3 Å². The smallest absolute Gasteiger partial charge is 0.310 e. The molecule has 1 fully saturated rings. The minimum Gasteiger partial charge on any atom is -0.461 e. The second-order valence-electron chi connectivity index (χ2n) is 6.43. The summed E-state index contributed by atoms with van der Waals surface area (Å²) in [6, 6.07) is 5.25. The number of ether oxygens (including phenoxy) is 1. The average molecular weight is 327 g/mol. The molecule has 2 nitrogen and oxygen atoms in total. The molecular weight excluding hydrogens is 307 g/mol. The lowest BCUT2D eigenvalue weighted by atomic mass is 10.1. The average Bonchev–Trinajstić information content (AvgIpc) is 2.91. The third-order valence-electron chi connectivity index (χ3n) is 4.04. The van der Waals surface area contributed by atoms with Gasteiger partial charge in [0.25, 0.3) is 0 Å². The van der Waals surface area contributed by atoms with Crippen LogP contribution in [0.2, 0.25) is 10.0 Å². The van der Waals surface area contributed by atoms with E-state index in [1.165, 1.54) is 5.57 Å². The Morgan fingerprint density at radius 3 is 2.52 bits per heavy atom. The lowest BCUT2D eigenvalue weighted by molar-refractivity contribution is -0.147. The van der Waals surface area contributed by atoms with Crippen LogP contribution < -0.4 is 0 Å². The van der Waals surface area contributed by atoms with Crippen molar-refractivity contribution in [2.45, 2.75) is 34.3 Å². The second-order valence-corrected chi connectivity index (χ2v) is 7.24. The summed E-state index contributed by atoms with van der Waals surface area (Å²) in [4.78, 5) is 12.2. The maximum Gasteiger partial charge on any atom is 0.310 e. The highest BCUT2D eigenvalue weighted by Crippen LogP contribution is 2.59. The van der Waals surface area contributed by atoms with E-state index in [-0.39, 0.29) is 29.8 Å². The molecule has 0 spiro atoms. The number of hydrogen-bond donors (Lipinski definition) is 0. The van der Waals surface area contributed by atoms with Crippen molar-refractivity contribution in [1.82, 2.24) is 0 Å². The largest absolute Gasteiger partial charge is 0.461 e. The highest BCUT2D eigenvalue weighted by Gasteiger charge is 2.61. The van der Waals surface area contributed by atoms with Gasteiger partial charge in [-0.15, -0.1) is 0 Å². The summed E-state index contributed by atoms with van der Waals surface area (Å²) in [5.74, 6) is 0.0625. The molecule has 0 bridgehead atoms. The molecule has 0 radical (unpaired) electrons. The summed E-state index contributed by atoms with van der Waals surface area (Å²) >= 11 is 11.8. The van der Waals surface area contributed by atoms with Gasteiger partial charge in [-0.05, 0) is 42.9 Å². The number of rotatable bonds is 4. The number of benzene rings is 1. The first-order chi connectivity index (χ1) is 9.73. The molecule has 1 aliphatic carbocycles. The van der Waals surface area contributed by atoms with E-state index in [4.69, 9.17) is 27.9 Å². The summed E-state index contributed by atoms with van der Waals surface area (Å²) in [5, 5.41) is 0.970. The number of carbonyl (C=O) groups is 1. The van der Waals surface area contributed by atoms with Gasteiger partial charge in [-0.3, -0.25) is 4.79 Å². The molecule has 1 aliphatic rings.